The molecule has 5 atom stereocenters. The fourth-order valence-electron chi connectivity index (χ4n) is 3.67. The molecule has 5 N–H and O–H groups in total. The fourth-order valence-corrected chi connectivity index (χ4v) is 6.02. The highest BCUT2D eigenvalue weighted by Crippen LogP contribution is 2.73. The Morgan fingerprint density at radius 2 is 1.82 bits per heavy atom. The van der Waals surface area contributed by atoms with Crippen molar-refractivity contribution in [1.29, 1.82) is 0 Å². The molecule has 1 aliphatic heterocycles. The third-order valence-corrected chi connectivity index (χ3v) is 9.64. The number of rotatable bonds is 9. The average molecular weight is 635 g/mol. The number of ether oxygens (including phenoxy) is 1. The van der Waals surface area contributed by atoms with Crippen LogP contribution in [0.2, 0.25) is 10.3 Å². The quantitative estimate of drug-likeness (QED) is 0.167. The van der Waals surface area contributed by atoms with Crippen molar-refractivity contribution < 1.29 is 52.1 Å². The molecule has 214 valence electrons. The summed E-state index contributed by atoms with van der Waals surface area (Å²) in [6.45, 7) is -0.984. The van der Waals surface area contributed by atoms with Gasteiger partial charge in [0.1, 0.15) is 18.3 Å². The van der Waals surface area contributed by atoms with E-state index in [2.05, 4.69) is 24.8 Å². The maximum atomic E-state index is 13.7. The van der Waals surface area contributed by atoms with Crippen molar-refractivity contribution in [2.24, 2.45) is 0 Å². The van der Waals surface area contributed by atoms with Crippen LogP contribution < -0.4 is 4.90 Å². The molecule has 0 aliphatic carbocycles. The summed E-state index contributed by atoms with van der Waals surface area (Å²) in [6.07, 6.45) is -6.96. The average Bonchev–Trinajstić information content (AvgIpc) is 3.38. The minimum Gasteiger partial charge on any atom is -0.387 e. The molecule has 1 aliphatic rings. The Kier molecular flexibility index (Phi) is 8.36. The van der Waals surface area contributed by atoms with Crippen molar-refractivity contribution in [3.05, 3.63) is 40.1 Å². The van der Waals surface area contributed by atoms with Crippen molar-refractivity contribution in [1.82, 2.24) is 25.0 Å². The second-order valence-corrected chi connectivity index (χ2v) is 13.0. The Morgan fingerprint density at radius 3 is 2.46 bits per heavy atom. The van der Waals surface area contributed by atoms with Crippen LogP contribution in [0.1, 0.15) is 11.8 Å². The molecule has 2 aromatic heterocycles. The lowest BCUT2D eigenvalue weighted by Gasteiger charge is -2.24. The minimum absolute atomic E-state index is 0.0605. The zero-order valence-electron chi connectivity index (χ0n) is 19.5. The predicted octanol–water partition coefficient (Wildman–Crippen LogP) is 1.71. The molecule has 0 bridgehead atoms. The molecule has 1 saturated heterocycles. The third-order valence-electron chi connectivity index (χ3n) is 5.69. The normalized spacial score (nSPS) is 23.7. The van der Waals surface area contributed by atoms with E-state index in [4.69, 9.17) is 37.7 Å². The summed E-state index contributed by atoms with van der Waals surface area (Å²) in [4.78, 5) is 36.7. The number of hydrogen-bond donors (Lipinski definition) is 5. The molecule has 4 rings (SSSR count). The van der Waals surface area contributed by atoms with E-state index in [1.54, 1.807) is 36.2 Å². The van der Waals surface area contributed by atoms with Gasteiger partial charge in [0.15, 0.2) is 23.2 Å². The van der Waals surface area contributed by atoms with Gasteiger partial charge in [-0.05, 0) is 23.2 Å². The van der Waals surface area contributed by atoms with Gasteiger partial charge < -0.3 is 39.1 Å². The first-order valence-corrected chi connectivity index (χ1v) is 14.6. The van der Waals surface area contributed by atoms with Gasteiger partial charge in [-0.25, -0.2) is 0 Å². The number of fused-ring (bicyclic) bond motifs is 1. The van der Waals surface area contributed by atoms with Crippen molar-refractivity contribution in [2.75, 3.05) is 18.6 Å². The summed E-state index contributed by atoms with van der Waals surface area (Å²) in [5, 5.41) is 23.6. The van der Waals surface area contributed by atoms with Crippen LogP contribution in [-0.2, 0) is 24.9 Å². The molecule has 15 nitrogen and oxygen atoms in total. The highest BCUT2D eigenvalue weighted by atomic mass is 35.5. The van der Waals surface area contributed by atoms with E-state index in [1.165, 1.54) is 0 Å². The number of hydrogen-bond acceptors (Lipinski definition) is 11. The van der Waals surface area contributed by atoms with E-state index in [0.29, 0.717) is 5.02 Å². The molecular formula is C18H20Cl2F2N6O9P2. The van der Waals surface area contributed by atoms with Crippen molar-refractivity contribution in [3.63, 3.8) is 0 Å². The number of aliphatic hydroxyl groups excluding tert-OH is 2. The standard InChI is InChI=1S/C18H20Cl2F2N6O9P2/c1-27(6-8-4-2-3-5-9(8)19)14-11-15(24-17(20)23-14)28(26-25-11)16-13(30)12(29)10(37-16)7-36-39(34,35)18(21,22)38(31,32)33/h2-5,10,12-13,16,29-30H,6-7H2,1H3,(H,34,35)(H2,31,32,33)/t10-,12-,13-,16-/m1/s1. The summed E-state index contributed by atoms with van der Waals surface area (Å²) in [5.74, 6) is 0.213. The number of halogens is 4. The largest absolute Gasteiger partial charge is 0.443 e. The van der Waals surface area contributed by atoms with Gasteiger partial charge in [-0.1, -0.05) is 35.0 Å². The molecule has 1 aromatic carbocycles. The molecule has 0 radical (unpaired) electrons. The lowest BCUT2D eigenvalue weighted by Crippen LogP contribution is -2.34. The predicted molar refractivity (Wildman–Crippen MR) is 130 cm³/mol. The van der Waals surface area contributed by atoms with Crippen LogP contribution >= 0.6 is 38.4 Å². The zero-order valence-corrected chi connectivity index (χ0v) is 22.8. The Balaban J connectivity index is 1.58. The van der Waals surface area contributed by atoms with Gasteiger partial charge in [-0.3, -0.25) is 9.13 Å². The Labute approximate surface area is 227 Å². The molecule has 3 aromatic rings. The molecule has 0 amide bonds. The first kappa shape index (κ1) is 30.1. The topological polar surface area (TPSA) is 213 Å². The molecule has 3 heterocycles. The van der Waals surface area contributed by atoms with Gasteiger partial charge in [-0.15, -0.1) is 5.10 Å². The second-order valence-electron chi connectivity index (χ2n) is 8.39. The SMILES string of the molecule is CN(Cc1ccccc1Cl)c1nc(Cl)nc2c1nnn2[C@@H]1O[C@H](COP(=O)(O)C(F)(F)P(=O)(O)O)[C@@H](O)[C@H]1O. The van der Waals surface area contributed by atoms with Gasteiger partial charge in [0.25, 0.3) is 0 Å². The molecule has 0 saturated carbocycles. The van der Waals surface area contributed by atoms with Crippen molar-refractivity contribution in [3.8, 4) is 0 Å². The van der Waals surface area contributed by atoms with Gasteiger partial charge in [-0.2, -0.15) is 23.4 Å². The van der Waals surface area contributed by atoms with E-state index in [0.717, 1.165) is 10.2 Å². The van der Waals surface area contributed by atoms with E-state index < -0.39 is 51.7 Å². The van der Waals surface area contributed by atoms with Crippen molar-refractivity contribution in [2.45, 2.75) is 36.5 Å². The molecule has 1 unspecified atom stereocenters. The van der Waals surface area contributed by atoms with Gasteiger partial charge >= 0.3 is 20.6 Å². The molecule has 0 spiro atoms. The number of aliphatic hydroxyl groups is 2. The van der Waals surface area contributed by atoms with E-state index in [9.17, 15) is 33.0 Å². The summed E-state index contributed by atoms with van der Waals surface area (Å²) >= 11 is 12.3. The number of anilines is 1. The van der Waals surface area contributed by atoms with Gasteiger partial charge in [0, 0.05) is 18.6 Å². The summed E-state index contributed by atoms with van der Waals surface area (Å²) in [6, 6.07) is 7.06. The smallest absolute Gasteiger partial charge is 0.387 e. The lowest BCUT2D eigenvalue weighted by molar-refractivity contribution is -0.0570. The highest BCUT2D eigenvalue weighted by Gasteiger charge is 2.65. The first-order valence-electron chi connectivity index (χ1n) is 10.7. The highest BCUT2D eigenvalue weighted by molar-refractivity contribution is 7.72. The molecule has 39 heavy (non-hydrogen) atoms. The Hall–Kier alpha value is -1.88. The number of alkyl halides is 2. The number of nitrogens with zero attached hydrogens (tertiary/aromatic N) is 6. The first-order chi connectivity index (χ1) is 18.0. The van der Waals surface area contributed by atoms with Gasteiger partial charge in [0.2, 0.25) is 5.28 Å². The third kappa shape index (κ3) is 5.67. The zero-order chi connectivity index (χ0) is 28.9. The fraction of sp³-hybridized carbons (Fsp3) is 0.444. The minimum atomic E-state index is -6.39. The summed E-state index contributed by atoms with van der Waals surface area (Å²) in [5.41, 5.74) is 0.790. The van der Waals surface area contributed by atoms with Crippen LogP contribution in [0.25, 0.3) is 11.2 Å². The number of aromatic nitrogens is 5. The van der Waals surface area contributed by atoms with E-state index in [-0.39, 0.29) is 28.8 Å². The van der Waals surface area contributed by atoms with E-state index in [1.807, 2.05) is 0 Å². The number of benzene rings is 1. The summed E-state index contributed by atoms with van der Waals surface area (Å²) < 4.78 is 60.7. The summed E-state index contributed by atoms with van der Waals surface area (Å²) in [7, 11) is -11.0. The van der Waals surface area contributed by atoms with Crippen LogP contribution in [0.15, 0.2) is 24.3 Å². The lowest BCUT2D eigenvalue weighted by atomic mass is 10.1. The van der Waals surface area contributed by atoms with Crippen LogP contribution in [0.5, 0.6) is 0 Å². The van der Waals surface area contributed by atoms with Crippen LogP contribution in [0.4, 0.5) is 14.6 Å². The van der Waals surface area contributed by atoms with Gasteiger partial charge in [0.05, 0.1) is 6.61 Å². The van der Waals surface area contributed by atoms with Crippen molar-refractivity contribution >= 4 is 55.4 Å². The monoisotopic (exact) mass is 634 g/mol. The van der Waals surface area contributed by atoms with Crippen LogP contribution in [0.3, 0.4) is 0 Å². The van der Waals surface area contributed by atoms with Crippen LogP contribution in [0, 0.1) is 0 Å². The molecule has 1 fully saturated rings. The molecular weight excluding hydrogens is 615 g/mol. The Morgan fingerprint density at radius 1 is 1.15 bits per heavy atom. The maximum Gasteiger partial charge on any atom is 0.443 e. The molecule has 21 heteroatoms. The Bertz CT molecular complexity index is 1480. The second kappa shape index (κ2) is 10.8. The van der Waals surface area contributed by atoms with Crippen LogP contribution in [-0.4, -0.2) is 87.2 Å². The van der Waals surface area contributed by atoms with E-state index >= 15 is 0 Å². The maximum absolute atomic E-state index is 13.7.